The van der Waals surface area contributed by atoms with E-state index in [-0.39, 0.29) is 5.91 Å². The summed E-state index contributed by atoms with van der Waals surface area (Å²) in [4.78, 5) is 19.4. The topological polar surface area (TPSA) is 71.7 Å². The largest absolute Gasteiger partial charge is 0.495 e. The lowest BCUT2D eigenvalue weighted by atomic mass is 9.90. The van der Waals surface area contributed by atoms with E-state index in [0.717, 1.165) is 48.2 Å². The van der Waals surface area contributed by atoms with Crippen LogP contribution in [0.3, 0.4) is 0 Å². The molecule has 0 unspecified atom stereocenters. The molecule has 0 bridgehead atoms. The first-order valence-corrected chi connectivity index (χ1v) is 13.1. The van der Waals surface area contributed by atoms with Crippen LogP contribution in [0.5, 0.6) is 5.75 Å². The van der Waals surface area contributed by atoms with E-state index in [1.807, 2.05) is 23.1 Å². The minimum absolute atomic E-state index is 0.0972. The van der Waals surface area contributed by atoms with Gasteiger partial charge < -0.3 is 19.0 Å². The number of methoxy groups -OCH3 is 1. The van der Waals surface area contributed by atoms with Gasteiger partial charge in [-0.2, -0.15) is 0 Å². The second kappa shape index (κ2) is 9.77. The number of hydrogen-bond donors (Lipinski definition) is 0. The number of thioether (sulfide) groups is 1. The van der Waals surface area contributed by atoms with E-state index in [2.05, 4.69) is 34.2 Å². The third-order valence-electron chi connectivity index (χ3n) is 6.32. The van der Waals surface area contributed by atoms with Crippen molar-refractivity contribution in [2.24, 2.45) is 5.92 Å². The maximum atomic E-state index is 12.8. The van der Waals surface area contributed by atoms with Crippen LogP contribution in [0, 0.1) is 5.92 Å². The SMILES string of the molecule is COc1ccccc1N1CCN(C(=O)CSc2nnc(-c3cc4c(s3)CC[C@@H](C)C4)o2)CC1. The van der Waals surface area contributed by atoms with E-state index in [1.165, 1.54) is 28.6 Å². The van der Waals surface area contributed by atoms with Crippen LogP contribution in [0.15, 0.2) is 40.0 Å². The molecule has 1 amide bonds. The van der Waals surface area contributed by atoms with Crippen LogP contribution in [-0.2, 0) is 17.6 Å². The molecule has 5 rings (SSSR count). The number of rotatable bonds is 6. The van der Waals surface area contributed by atoms with Crippen molar-refractivity contribution in [3.63, 3.8) is 0 Å². The summed E-state index contributed by atoms with van der Waals surface area (Å²) in [6, 6.07) is 10.2. The van der Waals surface area contributed by atoms with Crippen LogP contribution in [0.4, 0.5) is 5.69 Å². The number of amides is 1. The highest BCUT2D eigenvalue weighted by Crippen LogP contribution is 2.37. The smallest absolute Gasteiger partial charge is 0.277 e. The standard InChI is InChI=1S/C24H28N4O3S2/c1-16-7-8-20-17(13-16)14-21(33-20)23-25-26-24(31-23)32-15-22(29)28-11-9-27(10-12-28)18-5-3-4-6-19(18)30-2/h3-6,14,16H,7-13,15H2,1-2H3/t16-/m1/s1. The summed E-state index contributed by atoms with van der Waals surface area (Å²) in [6.45, 7) is 5.24. The number of fused-ring (bicyclic) bond motifs is 1. The highest BCUT2D eigenvalue weighted by Gasteiger charge is 2.24. The molecule has 7 nitrogen and oxygen atoms in total. The molecular weight excluding hydrogens is 456 g/mol. The van der Waals surface area contributed by atoms with Crippen LogP contribution in [0.1, 0.15) is 23.8 Å². The Bertz CT molecular complexity index is 1120. The number of aromatic nitrogens is 2. The van der Waals surface area contributed by atoms with Gasteiger partial charge in [-0.25, -0.2) is 0 Å². The van der Waals surface area contributed by atoms with Crippen molar-refractivity contribution in [1.29, 1.82) is 0 Å². The van der Waals surface area contributed by atoms with Crippen molar-refractivity contribution in [3.05, 3.63) is 40.8 Å². The van der Waals surface area contributed by atoms with Gasteiger partial charge in [0.1, 0.15) is 5.75 Å². The molecule has 2 aliphatic rings. The third-order valence-corrected chi connectivity index (χ3v) is 8.35. The van der Waals surface area contributed by atoms with Gasteiger partial charge in [0.25, 0.3) is 11.1 Å². The fraction of sp³-hybridized carbons (Fsp3) is 0.458. The lowest BCUT2D eigenvalue weighted by Crippen LogP contribution is -2.49. The number of para-hydroxylation sites is 2. The average Bonchev–Trinajstić information content (AvgIpc) is 3.49. The fourth-order valence-electron chi connectivity index (χ4n) is 4.48. The average molecular weight is 485 g/mol. The van der Waals surface area contributed by atoms with E-state index in [4.69, 9.17) is 9.15 Å². The molecular formula is C24H28N4O3S2. The number of anilines is 1. The summed E-state index contributed by atoms with van der Waals surface area (Å²) in [5.41, 5.74) is 2.49. The number of carbonyl (C=O) groups is 1. The first kappa shape index (κ1) is 22.3. The summed E-state index contributed by atoms with van der Waals surface area (Å²) in [6.07, 6.45) is 3.50. The molecule has 0 N–H and O–H groups in total. The normalized spacial score (nSPS) is 18.3. The molecule has 3 aromatic rings. The number of ether oxygens (including phenoxy) is 1. The van der Waals surface area contributed by atoms with Crippen LogP contribution in [-0.4, -0.2) is 60.0 Å². The van der Waals surface area contributed by atoms with Crippen LogP contribution < -0.4 is 9.64 Å². The summed E-state index contributed by atoms with van der Waals surface area (Å²) in [7, 11) is 1.69. The van der Waals surface area contributed by atoms with Gasteiger partial charge in [0, 0.05) is 31.1 Å². The number of benzene rings is 1. The molecule has 1 atom stereocenters. The molecule has 0 spiro atoms. The highest BCUT2D eigenvalue weighted by atomic mass is 32.2. The molecule has 1 fully saturated rings. The Kier molecular flexibility index (Phi) is 6.59. The first-order chi connectivity index (χ1) is 16.1. The van der Waals surface area contributed by atoms with E-state index < -0.39 is 0 Å². The number of aryl methyl sites for hydroxylation is 1. The molecule has 174 valence electrons. The Labute approximate surface area is 202 Å². The Hall–Kier alpha value is -2.52. The lowest BCUT2D eigenvalue weighted by molar-refractivity contribution is -0.128. The predicted octanol–water partition coefficient (Wildman–Crippen LogP) is 4.37. The molecule has 1 saturated heterocycles. The zero-order valence-electron chi connectivity index (χ0n) is 19.0. The second-order valence-electron chi connectivity index (χ2n) is 8.61. The third kappa shape index (κ3) is 4.89. The zero-order valence-corrected chi connectivity index (χ0v) is 20.6. The van der Waals surface area contributed by atoms with Crippen molar-refractivity contribution in [3.8, 4) is 16.5 Å². The van der Waals surface area contributed by atoms with Gasteiger partial charge in [0.2, 0.25) is 5.91 Å². The van der Waals surface area contributed by atoms with E-state index in [0.29, 0.717) is 30.0 Å². The second-order valence-corrected chi connectivity index (χ2v) is 10.7. The minimum atomic E-state index is 0.0972. The summed E-state index contributed by atoms with van der Waals surface area (Å²) >= 11 is 3.07. The highest BCUT2D eigenvalue weighted by molar-refractivity contribution is 7.99. The summed E-state index contributed by atoms with van der Waals surface area (Å²) < 4.78 is 11.3. The first-order valence-electron chi connectivity index (χ1n) is 11.3. The molecule has 2 aromatic heterocycles. The van der Waals surface area contributed by atoms with Gasteiger partial charge in [0.05, 0.1) is 23.4 Å². The molecule has 1 aliphatic heterocycles. The van der Waals surface area contributed by atoms with E-state index >= 15 is 0 Å². The Morgan fingerprint density at radius 2 is 2.06 bits per heavy atom. The van der Waals surface area contributed by atoms with Crippen molar-refractivity contribution >= 4 is 34.7 Å². The van der Waals surface area contributed by atoms with E-state index in [9.17, 15) is 4.79 Å². The van der Waals surface area contributed by atoms with Gasteiger partial charge in [-0.3, -0.25) is 4.79 Å². The Balaban J connectivity index is 1.14. The molecule has 1 aromatic carbocycles. The number of nitrogens with zero attached hydrogens (tertiary/aromatic N) is 4. The summed E-state index contributed by atoms with van der Waals surface area (Å²) in [5.74, 6) is 2.55. The number of carbonyl (C=O) groups excluding carboxylic acids is 1. The zero-order chi connectivity index (χ0) is 22.8. The predicted molar refractivity (Wildman–Crippen MR) is 131 cm³/mol. The Morgan fingerprint density at radius 3 is 2.88 bits per heavy atom. The molecule has 0 saturated carbocycles. The maximum absolute atomic E-state index is 12.8. The molecule has 3 heterocycles. The molecule has 0 radical (unpaired) electrons. The maximum Gasteiger partial charge on any atom is 0.277 e. The van der Waals surface area contributed by atoms with Gasteiger partial charge in [0.15, 0.2) is 0 Å². The van der Waals surface area contributed by atoms with Crippen molar-refractivity contribution in [2.75, 3.05) is 43.9 Å². The number of piperazine rings is 1. The van der Waals surface area contributed by atoms with Crippen molar-refractivity contribution in [1.82, 2.24) is 15.1 Å². The van der Waals surface area contributed by atoms with Gasteiger partial charge >= 0.3 is 0 Å². The monoisotopic (exact) mass is 484 g/mol. The van der Waals surface area contributed by atoms with Gasteiger partial charge in [-0.05, 0) is 48.9 Å². The number of thiophene rings is 1. The van der Waals surface area contributed by atoms with Crippen LogP contribution in [0.25, 0.3) is 10.8 Å². The minimum Gasteiger partial charge on any atom is -0.495 e. The van der Waals surface area contributed by atoms with Gasteiger partial charge in [-0.15, -0.1) is 21.5 Å². The van der Waals surface area contributed by atoms with Crippen LogP contribution in [0.2, 0.25) is 0 Å². The molecule has 33 heavy (non-hydrogen) atoms. The van der Waals surface area contributed by atoms with Crippen molar-refractivity contribution in [2.45, 2.75) is 31.4 Å². The molecule has 1 aliphatic carbocycles. The Morgan fingerprint density at radius 1 is 1.24 bits per heavy atom. The number of hydrogen-bond acceptors (Lipinski definition) is 8. The van der Waals surface area contributed by atoms with Crippen molar-refractivity contribution < 1.29 is 13.9 Å². The summed E-state index contributed by atoms with van der Waals surface area (Å²) in [5, 5.41) is 8.84. The van der Waals surface area contributed by atoms with E-state index in [1.54, 1.807) is 18.4 Å². The quantitative estimate of drug-likeness (QED) is 0.481. The molecule has 9 heteroatoms. The fourth-order valence-corrected chi connectivity index (χ4v) is 6.28. The van der Waals surface area contributed by atoms with Crippen LogP contribution >= 0.6 is 23.1 Å². The van der Waals surface area contributed by atoms with Gasteiger partial charge in [-0.1, -0.05) is 30.8 Å². The lowest BCUT2D eigenvalue weighted by Gasteiger charge is -2.36.